The summed E-state index contributed by atoms with van der Waals surface area (Å²) >= 11 is 3.18. The number of nitro benzene ring substituents is 1. The average Bonchev–Trinajstić information content (AvgIpc) is 3.01. The van der Waals surface area contributed by atoms with Gasteiger partial charge in [-0.05, 0) is 28.1 Å². The van der Waals surface area contributed by atoms with Crippen molar-refractivity contribution in [2.75, 3.05) is 5.32 Å². The van der Waals surface area contributed by atoms with E-state index in [1.807, 2.05) is 0 Å². The van der Waals surface area contributed by atoms with Gasteiger partial charge in [0.25, 0.3) is 11.6 Å². The van der Waals surface area contributed by atoms with Gasteiger partial charge in [0.05, 0.1) is 33.5 Å². The zero-order valence-electron chi connectivity index (χ0n) is 12.5. The Kier molecular flexibility index (Phi) is 4.70. The van der Waals surface area contributed by atoms with Crippen LogP contribution in [0, 0.1) is 10.1 Å². The van der Waals surface area contributed by atoms with Gasteiger partial charge in [-0.25, -0.2) is 0 Å². The van der Waals surface area contributed by atoms with Crippen molar-refractivity contribution in [3.05, 3.63) is 69.2 Å². The smallest absolute Gasteiger partial charge is 0.275 e. The van der Waals surface area contributed by atoms with Gasteiger partial charge in [-0.15, -0.1) is 0 Å². The molecule has 0 aliphatic rings. The summed E-state index contributed by atoms with van der Waals surface area (Å²) in [6.07, 6.45) is 4.48. The quantitative estimate of drug-likeness (QED) is 0.496. The number of carbonyl (C=O) groups excluding carboxylic acids is 1. The summed E-state index contributed by atoms with van der Waals surface area (Å²) < 4.78 is 6.03. The fourth-order valence-electron chi connectivity index (χ4n) is 1.99. The number of aromatic nitrogens is 3. The molecule has 126 valence electrons. The highest BCUT2D eigenvalue weighted by Crippen LogP contribution is 2.29. The standard InChI is InChI=1S/C15H10BrN5O4/c16-13-8-18-20-14(13)15(22)19-9-4-10(21(23)24)6-12(5-9)25-11-2-1-3-17-7-11/h1-8H,(H,18,20)(H,19,22). The first-order valence-corrected chi connectivity index (χ1v) is 7.70. The minimum atomic E-state index is -0.572. The van der Waals surface area contributed by atoms with Crippen LogP contribution in [0.15, 0.2) is 53.4 Å². The molecule has 3 aromatic rings. The van der Waals surface area contributed by atoms with Gasteiger partial charge in [0, 0.05) is 18.3 Å². The van der Waals surface area contributed by atoms with Gasteiger partial charge in [-0.2, -0.15) is 5.10 Å². The normalized spacial score (nSPS) is 10.3. The number of nitrogens with zero attached hydrogens (tertiary/aromatic N) is 3. The molecule has 1 amide bonds. The number of pyridine rings is 1. The lowest BCUT2D eigenvalue weighted by Crippen LogP contribution is -2.13. The van der Waals surface area contributed by atoms with E-state index in [-0.39, 0.29) is 22.8 Å². The van der Waals surface area contributed by atoms with E-state index >= 15 is 0 Å². The molecular formula is C15H10BrN5O4. The van der Waals surface area contributed by atoms with Crippen LogP contribution in [0.4, 0.5) is 11.4 Å². The first-order valence-electron chi connectivity index (χ1n) is 6.90. The van der Waals surface area contributed by atoms with Gasteiger partial charge < -0.3 is 10.1 Å². The van der Waals surface area contributed by atoms with Crippen molar-refractivity contribution in [1.82, 2.24) is 15.2 Å². The third-order valence-corrected chi connectivity index (χ3v) is 3.65. The largest absolute Gasteiger partial charge is 0.455 e. The summed E-state index contributed by atoms with van der Waals surface area (Å²) in [5.74, 6) is 0.106. The lowest BCUT2D eigenvalue weighted by molar-refractivity contribution is -0.384. The van der Waals surface area contributed by atoms with E-state index in [9.17, 15) is 14.9 Å². The number of carbonyl (C=O) groups is 1. The second-order valence-electron chi connectivity index (χ2n) is 4.81. The van der Waals surface area contributed by atoms with E-state index in [4.69, 9.17) is 4.74 Å². The Balaban J connectivity index is 1.89. The van der Waals surface area contributed by atoms with Gasteiger partial charge in [-0.1, -0.05) is 0 Å². The van der Waals surface area contributed by atoms with E-state index in [2.05, 4.69) is 36.4 Å². The zero-order valence-corrected chi connectivity index (χ0v) is 14.1. The number of non-ortho nitro benzene ring substituents is 1. The number of halogens is 1. The lowest BCUT2D eigenvalue weighted by atomic mass is 10.2. The number of H-pyrrole nitrogens is 1. The van der Waals surface area contributed by atoms with Crippen LogP contribution >= 0.6 is 15.9 Å². The van der Waals surface area contributed by atoms with Crippen molar-refractivity contribution in [1.29, 1.82) is 0 Å². The summed E-state index contributed by atoms with van der Waals surface area (Å²) in [6, 6.07) is 7.30. The summed E-state index contributed by atoms with van der Waals surface area (Å²) in [5.41, 5.74) is 0.182. The Morgan fingerprint density at radius 2 is 2.12 bits per heavy atom. The van der Waals surface area contributed by atoms with Gasteiger partial charge in [0.2, 0.25) is 0 Å². The molecule has 1 aromatic carbocycles. The van der Waals surface area contributed by atoms with Crippen LogP contribution in [-0.2, 0) is 0 Å². The number of nitro groups is 1. The van der Waals surface area contributed by atoms with Crippen LogP contribution in [0.2, 0.25) is 0 Å². The van der Waals surface area contributed by atoms with Crippen LogP contribution in [0.1, 0.15) is 10.5 Å². The number of benzene rings is 1. The molecule has 25 heavy (non-hydrogen) atoms. The number of hydrogen-bond acceptors (Lipinski definition) is 6. The van der Waals surface area contributed by atoms with Gasteiger partial charge in [0.15, 0.2) is 0 Å². The third kappa shape index (κ3) is 3.98. The van der Waals surface area contributed by atoms with Gasteiger partial charge >= 0.3 is 0 Å². The highest BCUT2D eigenvalue weighted by Gasteiger charge is 2.16. The van der Waals surface area contributed by atoms with E-state index in [0.29, 0.717) is 10.2 Å². The SMILES string of the molecule is O=C(Nc1cc(Oc2cccnc2)cc([N+](=O)[O-])c1)c1[nH]ncc1Br. The van der Waals surface area contributed by atoms with Crippen LogP contribution in [-0.4, -0.2) is 26.0 Å². The summed E-state index contributed by atoms with van der Waals surface area (Å²) in [4.78, 5) is 26.7. The van der Waals surface area contributed by atoms with Gasteiger partial charge in [0.1, 0.15) is 17.2 Å². The minimum absolute atomic E-state index is 0.196. The number of amides is 1. The fraction of sp³-hybridized carbons (Fsp3) is 0. The molecule has 2 aromatic heterocycles. The number of anilines is 1. The molecule has 0 aliphatic heterocycles. The van der Waals surface area contributed by atoms with E-state index in [0.717, 1.165) is 0 Å². The van der Waals surface area contributed by atoms with Gasteiger partial charge in [-0.3, -0.25) is 25.0 Å². The monoisotopic (exact) mass is 403 g/mol. The number of rotatable bonds is 5. The molecule has 0 saturated heterocycles. The fourth-order valence-corrected chi connectivity index (χ4v) is 2.36. The number of nitrogens with one attached hydrogen (secondary N) is 2. The molecule has 0 saturated carbocycles. The van der Waals surface area contributed by atoms with Crippen molar-refractivity contribution in [2.24, 2.45) is 0 Å². The Morgan fingerprint density at radius 1 is 1.28 bits per heavy atom. The minimum Gasteiger partial charge on any atom is -0.455 e. The highest BCUT2D eigenvalue weighted by molar-refractivity contribution is 9.10. The molecule has 2 heterocycles. The second-order valence-corrected chi connectivity index (χ2v) is 5.66. The maximum atomic E-state index is 12.2. The maximum Gasteiger partial charge on any atom is 0.275 e. The predicted molar refractivity (Wildman–Crippen MR) is 91.6 cm³/mol. The lowest BCUT2D eigenvalue weighted by Gasteiger charge is -2.09. The highest BCUT2D eigenvalue weighted by atomic mass is 79.9. The van der Waals surface area contributed by atoms with E-state index in [1.54, 1.807) is 18.3 Å². The third-order valence-electron chi connectivity index (χ3n) is 3.05. The van der Waals surface area contributed by atoms with Crippen LogP contribution in [0.3, 0.4) is 0 Å². The van der Waals surface area contributed by atoms with Crippen LogP contribution in [0.5, 0.6) is 11.5 Å². The van der Waals surface area contributed by atoms with E-state index in [1.165, 1.54) is 30.6 Å². The Morgan fingerprint density at radius 3 is 2.76 bits per heavy atom. The van der Waals surface area contributed by atoms with Crippen molar-refractivity contribution in [2.45, 2.75) is 0 Å². The Labute approximate surface area is 149 Å². The summed E-state index contributed by atoms with van der Waals surface area (Å²) in [7, 11) is 0. The zero-order chi connectivity index (χ0) is 17.8. The molecule has 0 unspecified atom stereocenters. The van der Waals surface area contributed by atoms with Crippen LogP contribution < -0.4 is 10.1 Å². The van der Waals surface area contributed by atoms with E-state index < -0.39 is 10.8 Å². The molecule has 9 nitrogen and oxygen atoms in total. The number of hydrogen-bond donors (Lipinski definition) is 2. The first kappa shape index (κ1) is 16.6. The molecular weight excluding hydrogens is 394 g/mol. The second kappa shape index (κ2) is 7.09. The summed E-state index contributed by atoms with van der Waals surface area (Å²) in [5, 5.41) is 20.0. The van der Waals surface area contributed by atoms with Crippen molar-refractivity contribution in [3.8, 4) is 11.5 Å². The molecule has 0 bridgehead atoms. The molecule has 0 aliphatic carbocycles. The molecule has 0 fully saturated rings. The topological polar surface area (TPSA) is 123 Å². The predicted octanol–water partition coefficient (Wildman–Crippen LogP) is 3.52. The molecule has 10 heteroatoms. The molecule has 0 spiro atoms. The molecule has 0 atom stereocenters. The Hall–Kier alpha value is -3.27. The van der Waals surface area contributed by atoms with Crippen LogP contribution in [0.25, 0.3) is 0 Å². The number of ether oxygens (including phenoxy) is 1. The molecule has 0 radical (unpaired) electrons. The molecule has 2 N–H and O–H groups in total. The van der Waals surface area contributed by atoms with Crippen molar-refractivity contribution >= 4 is 33.2 Å². The maximum absolute atomic E-state index is 12.2. The first-order chi connectivity index (χ1) is 12.0. The van der Waals surface area contributed by atoms with Crippen molar-refractivity contribution in [3.63, 3.8) is 0 Å². The Bertz CT molecular complexity index is 929. The summed E-state index contributed by atoms with van der Waals surface area (Å²) in [6.45, 7) is 0. The number of aromatic amines is 1. The molecule has 3 rings (SSSR count). The average molecular weight is 404 g/mol. The van der Waals surface area contributed by atoms with Crippen molar-refractivity contribution < 1.29 is 14.5 Å².